The predicted molar refractivity (Wildman–Crippen MR) is 87.0 cm³/mol. The van der Waals surface area contributed by atoms with Crippen molar-refractivity contribution in [1.82, 2.24) is 4.90 Å². The van der Waals surface area contributed by atoms with E-state index in [1.807, 2.05) is 19.2 Å². The molecule has 4 heteroatoms. The first kappa shape index (κ1) is 16.3. The van der Waals surface area contributed by atoms with Crippen molar-refractivity contribution < 1.29 is 15.3 Å². The molecular formula is C18H23NO3. The minimum Gasteiger partial charge on any atom is -0.508 e. The lowest BCUT2D eigenvalue weighted by atomic mass is 10.1. The maximum absolute atomic E-state index is 10.2. The zero-order valence-electron chi connectivity index (χ0n) is 12.8. The smallest absolute Gasteiger partial charge is 0.115 e. The SMILES string of the molecule is CN(CCCc1ccc(O)cc1)CC(O)c1ccc(O)cc1. The second kappa shape index (κ2) is 7.82. The molecule has 4 nitrogen and oxygen atoms in total. The summed E-state index contributed by atoms with van der Waals surface area (Å²) in [5, 5.41) is 28.7. The monoisotopic (exact) mass is 301 g/mol. The van der Waals surface area contributed by atoms with E-state index < -0.39 is 6.10 Å². The maximum Gasteiger partial charge on any atom is 0.115 e. The van der Waals surface area contributed by atoms with E-state index in [4.69, 9.17) is 0 Å². The number of phenolic OH excluding ortho intramolecular Hbond substituents is 2. The quantitative estimate of drug-likeness (QED) is 0.736. The van der Waals surface area contributed by atoms with Crippen molar-refractivity contribution in [3.05, 3.63) is 59.7 Å². The lowest BCUT2D eigenvalue weighted by Gasteiger charge is -2.20. The van der Waals surface area contributed by atoms with Gasteiger partial charge in [0.25, 0.3) is 0 Å². The number of aliphatic hydroxyl groups is 1. The lowest BCUT2D eigenvalue weighted by Crippen LogP contribution is -2.26. The summed E-state index contributed by atoms with van der Waals surface area (Å²) in [5.41, 5.74) is 2.01. The Balaban J connectivity index is 1.74. The molecule has 2 rings (SSSR count). The van der Waals surface area contributed by atoms with Crippen LogP contribution >= 0.6 is 0 Å². The van der Waals surface area contributed by atoms with E-state index >= 15 is 0 Å². The van der Waals surface area contributed by atoms with E-state index in [0.29, 0.717) is 6.54 Å². The van der Waals surface area contributed by atoms with E-state index in [9.17, 15) is 15.3 Å². The van der Waals surface area contributed by atoms with Crippen LogP contribution in [0.5, 0.6) is 11.5 Å². The first-order valence-electron chi connectivity index (χ1n) is 7.48. The summed E-state index contributed by atoms with van der Waals surface area (Å²) < 4.78 is 0. The van der Waals surface area contributed by atoms with Gasteiger partial charge in [-0.05, 0) is 61.8 Å². The van der Waals surface area contributed by atoms with Gasteiger partial charge in [-0.15, -0.1) is 0 Å². The van der Waals surface area contributed by atoms with Gasteiger partial charge in [-0.3, -0.25) is 0 Å². The maximum atomic E-state index is 10.2. The molecule has 0 heterocycles. The number of nitrogens with zero attached hydrogens (tertiary/aromatic N) is 1. The fourth-order valence-corrected chi connectivity index (χ4v) is 2.40. The van der Waals surface area contributed by atoms with Crippen molar-refractivity contribution in [3.8, 4) is 11.5 Å². The molecule has 2 aromatic rings. The summed E-state index contributed by atoms with van der Waals surface area (Å²) >= 11 is 0. The summed E-state index contributed by atoms with van der Waals surface area (Å²) in [6.45, 7) is 1.44. The first-order chi connectivity index (χ1) is 10.5. The van der Waals surface area contributed by atoms with Crippen LogP contribution in [0.2, 0.25) is 0 Å². The highest BCUT2D eigenvalue weighted by molar-refractivity contribution is 5.27. The molecule has 2 aromatic carbocycles. The number of hydrogen-bond donors (Lipinski definition) is 3. The Kier molecular flexibility index (Phi) is 5.81. The van der Waals surface area contributed by atoms with Crippen LogP contribution in [0.15, 0.2) is 48.5 Å². The molecular weight excluding hydrogens is 278 g/mol. The van der Waals surface area contributed by atoms with Gasteiger partial charge in [0, 0.05) is 6.54 Å². The highest BCUT2D eigenvalue weighted by atomic mass is 16.3. The second-order valence-electron chi connectivity index (χ2n) is 5.64. The average Bonchev–Trinajstić information content (AvgIpc) is 2.50. The Bertz CT molecular complexity index is 566. The van der Waals surface area contributed by atoms with E-state index in [1.54, 1.807) is 36.4 Å². The third kappa shape index (κ3) is 5.06. The van der Waals surface area contributed by atoms with Gasteiger partial charge in [0.1, 0.15) is 11.5 Å². The van der Waals surface area contributed by atoms with E-state index in [0.717, 1.165) is 24.9 Å². The normalized spacial score (nSPS) is 12.5. The molecule has 0 radical (unpaired) electrons. The van der Waals surface area contributed by atoms with Crippen molar-refractivity contribution >= 4 is 0 Å². The number of likely N-dealkylation sites (N-methyl/N-ethyl adjacent to an activating group) is 1. The standard InChI is InChI=1S/C18H23NO3/c1-19(12-2-3-14-4-8-16(20)9-5-14)13-18(22)15-6-10-17(21)11-7-15/h4-11,18,20-22H,2-3,12-13H2,1H3. The molecule has 0 aliphatic carbocycles. The fraction of sp³-hybridized carbons (Fsp3) is 0.333. The topological polar surface area (TPSA) is 63.9 Å². The molecule has 1 atom stereocenters. The van der Waals surface area contributed by atoms with Gasteiger partial charge in [0.2, 0.25) is 0 Å². The fourth-order valence-electron chi connectivity index (χ4n) is 2.40. The van der Waals surface area contributed by atoms with Crippen molar-refractivity contribution in [2.45, 2.75) is 18.9 Å². The van der Waals surface area contributed by atoms with Crippen LogP contribution in [0.1, 0.15) is 23.7 Å². The third-order valence-corrected chi connectivity index (χ3v) is 3.70. The molecule has 3 N–H and O–H groups in total. The van der Waals surface area contributed by atoms with Crippen LogP contribution in [0, 0.1) is 0 Å². The summed E-state index contributed by atoms with van der Waals surface area (Å²) in [7, 11) is 1.99. The van der Waals surface area contributed by atoms with Crippen LogP contribution in [-0.4, -0.2) is 40.4 Å². The van der Waals surface area contributed by atoms with Crippen LogP contribution in [0.3, 0.4) is 0 Å². The number of aryl methyl sites for hydroxylation is 1. The minimum atomic E-state index is -0.556. The summed E-state index contributed by atoms with van der Waals surface area (Å²) in [6, 6.07) is 13.9. The van der Waals surface area contributed by atoms with E-state index in [1.165, 1.54) is 5.56 Å². The highest BCUT2D eigenvalue weighted by Crippen LogP contribution is 2.17. The van der Waals surface area contributed by atoms with Gasteiger partial charge in [-0.2, -0.15) is 0 Å². The first-order valence-corrected chi connectivity index (χ1v) is 7.48. The molecule has 0 fully saturated rings. The third-order valence-electron chi connectivity index (χ3n) is 3.70. The summed E-state index contributed by atoms with van der Waals surface area (Å²) in [6.07, 6.45) is 1.38. The molecule has 0 saturated carbocycles. The molecule has 0 bridgehead atoms. The molecule has 1 unspecified atom stereocenters. The van der Waals surface area contributed by atoms with Crippen molar-refractivity contribution in [3.63, 3.8) is 0 Å². The lowest BCUT2D eigenvalue weighted by molar-refractivity contribution is 0.126. The van der Waals surface area contributed by atoms with Crippen molar-refractivity contribution in [1.29, 1.82) is 0 Å². The number of benzene rings is 2. The van der Waals surface area contributed by atoms with E-state index in [-0.39, 0.29) is 11.5 Å². The molecule has 118 valence electrons. The van der Waals surface area contributed by atoms with Crippen LogP contribution in [0.25, 0.3) is 0 Å². The Hall–Kier alpha value is -2.04. The van der Waals surface area contributed by atoms with Gasteiger partial charge in [0.05, 0.1) is 6.10 Å². The van der Waals surface area contributed by atoms with Gasteiger partial charge < -0.3 is 20.2 Å². The molecule has 0 spiro atoms. The average molecular weight is 301 g/mol. The molecule has 0 aliphatic heterocycles. The number of aromatic hydroxyl groups is 2. The van der Waals surface area contributed by atoms with Crippen LogP contribution < -0.4 is 0 Å². The summed E-state index contributed by atoms with van der Waals surface area (Å²) in [4.78, 5) is 2.10. The second-order valence-corrected chi connectivity index (χ2v) is 5.64. The molecule has 0 aromatic heterocycles. The zero-order valence-corrected chi connectivity index (χ0v) is 12.8. The van der Waals surface area contributed by atoms with Crippen molar-refractivity contribution in [2.75, 3.05) is 20.1 Å². The minimum absolute atomic E-state index is 0.207. The van der Waals surface area contributed by atoms with Gasteiger partial charge in [0.15, 0.2) is 0 Å². The Morgan fingerprint density at radius 2 is 1.45 bits per heavy atom. The summed E-state index contributed by atoms with van der Waals surface area (Å²) in [5.74, 6) is 0.496. The molecule has 0 amide bonds. The Labute approximate surface area is 131 Å². The van der Waals surface area contributed by atoms with Gasteiger partial charge in [-0.25, -0.2) is 0 Å². The Morgan fingerprint density at radius 1 is 0.909 bits per heavy atom. The molecule has 22 heavy (non-hydrogen) atoms. The van der Waals surface area contributed by atoms with Crippen LogP contribution in [0.4, 0.5) is 0 Å². The number of hydrogen-bond acceptors (Lipinski definition) is 4. The predicted octanol–water partition coefficient (Wildman–Crippen LogP) is 2.70. The van der Waals surface area contributed by atoms with Crippen LogP contribution in [-0.2, 0) is 6.42 Å². The van der Waals surface area contributed by atoms with E-state index in [2.05, 4.69) is 4.90 Å². The molecule has 0 saturated heterocycles. The number of rotatable bonds is 7. The van der Waals surface area contributed by atoms with Gasteiger partial charge in [-0.1, -0.05) is 24.3 Å². The van der Waals surface area contributed by atoms with Gasteiger partial charge >= 0.3 is 0 Å². The molecule has 0 aliphatic rings. The largest absolute Gasteiger partial charge is 0.508 e. The number of aliphatic hydroxyl groups excluding tert-OH is 1. The number of phenols is 2. The Morgan fingerprint density at radius 3 is 2.05 bits per heavy atom. The zero-order chi connectivity index (χ0) is 15.9. The van der Waals surface area contributed by atoms with Crippen molar-refractivity contribution in [2.24, 2.45) is 0 Å². The highest BCUT2D eigenvalue weighted by Gasteiger charge is 2.10.